The lowest BCUT2D eigenvalue weighted by Crippen LogP contribution is -2.31. The Hall–Kier alpha value is -0.960. The fraction of sp³-hybridized carbons (Fsp3) is 0.500. The van der Waals surface area contributed by atoms with Gasteiger partial charge in [0, 0.05) is 6.04 Å². The van der Waals surface area contributed by atoms with E-state index in [0.29, 0.717) is 5.75 Å². The number of carbonyl (C=O) groups is 1. The fourth-order valence-electron chi connectivity index (χ4n) is 1.55. The molecule has 0 saturated heterocycles. The van der Waals surface area contributed by atoms with Crippen LogP contribution in [0.4, 0.5) is 0 Å². The first-order chi connectivity index (χ1) is 8.18. The van der Waals surface area contributed by atoms with Gasteiger partial charge in [0.1, 0.15) is 0 Å². The van der Waals surface area contributed by atoms with Crippen molar-refractivity contribution in [1.82, 2.24) is 5.32 Å². The summed E-state index contributed by atoms with van der Waals surface area (Å²) in [6.07, 6.45) is 2.23. The Labute approximate surface area is 108 Å². The van der Waals surface area contributed by atoms with Crippen LogP contribution >= 0.6 is 11.8 Å². The zero-order valence-electron chi connectivity index (χ0n) is 10.6. The first-order valence-corrected chi connectivity index (χ1v) is 7.25. The van der Waals surface area contributed by atoms with E-state index in [1.165, 1.54) is 5.56 Å². The first-order valence-electron chi connectivity index (χ1n) is 6.09. The number of nitrogens with one attached hydrogen (secondary N) is 1. The van der Waals surface area contributed by atoms with Crippen LogP contribution in [0, 0.1) is 0 Å². The largest absolute Gasteiger partial charge is 0.353 e. The van der Waals surface area contributed by atoms with E-state index in [0.717, 1.165) is 18.6 Å². The lowest BCUT2D eigenvalue weighted by atomic mass is 10.1. The Bertz CT molecular complexity index is 324. The molecule has 0 unspecified atom stereocenters. The molecule has 3 heteroatoms. The van der Waals surface area contributed by atoms with Gasteiger partial charge in [-0.2, -0.15) is 11.8 Å². The minimum Gasteiger partial charge on any atom is -0.353 e. The Kier molecular flexibility index (Phi) is 6.78. The summed E-state index contributed by atoms with van der Waals surface area (Å²) < 4.78 is 0. The molecule has 0 aliphatic carbocycles. The van der Waals surface area contributed by atoms with Gasteiger partial charge in [0.15, 0.2) is 0 Å². The van der Waals surface area contributed by atoms with Crippen LogP contribution in [0.25, 0.3) is 0 Å². The fourth-order valence-corrected chi connectivity index (χ4v) is 2.31. The highest BCUT2D eigenvalue weighted by molar-refractivity contribution is 7.99. The highest BCUT2D eigenvalue weighted by Crippen LogP contribution is 2.07. The number of hydrogen-bond donors (Lipinski definition) is 1. The van der Waals surface area contributed by atoms with Crippen LogP contribution in [0.5, 0.6) is 0 Å². The topological polar surface area (TPSA) is 29.1 Å². The number of amides is 1. The SMILES string of the molecule is CC(C)NC(=O)CSCCCc1ccccc1. The smallest absolute Gasteiger partial charge is 0.230 e. The van der Waals surface area contributed by atoms with Crippen molar-refractivity contribution in [2.45, 2.75) is 32.7 Å². The van der Waals surface area contributed by atoms with E-state index in [1.54, 1.807) is 11.8 Å². The van der Waals surface area contributed by atoms with E-state index in [1.807, 2.05) is 19.9 Å². The molecule has 2 nitrogen and oxygen atoms in total. The summed E-state index contributed by atoms with van der Waals surface area (Å²) in [7, 11) is 0. The standard InChI is InChI=1S/C14H21NOS/c1-12(2)15-14(16)11-17-10-6-9-13-7-4-3-5-8-13/h3-5,7-8,12H,6,9-11H2,1-2H3,(H,15,16). The van der Waals surface area contributed by atoms with Crippen molar-refractivity contribution >= 4 is 17.7 Å². The number of hydrogen-bond acceptors (Lipinski definition) is 2. The van der Waals surface area contributed by atoms with Gasteiger partial charge < -0.3 is 5.32 Å². The molecule has 1 N–H and O–H groups in total. The lowest BCUT2D eigenvalue weighted by molar-refractivity contribution is -0.119. The maximum atomic E-state index is 11.4. The van der Waals surface area contributed by atoms with Gasteiger partial charge in [-0.1, -0.05) is 30.3 Å². The average molecular weight is 251 g/mol. The molecule has 94 valence electrons. The molecule has 1 aromatic carbocycles. The van der Waals surface area contributed by atoms with E-state index in [2.05, 4.69) is 29.6 Å². The zero-order chi connectivity index (χ0) is 12.5. The molecule has 1 rings (SSSR count). The van der Waals surface area contributed by atoms with Crippen molar-refractivity contribution in [3.63, 3.8) is 0 Å². The van der Waals surface area contributed by atoms with Crippen molar-refractivity contribution in [3.05, 3.63) is 35.9 Å². The highest BCUT2D eigenvalue weighted by atomic mass is 32.2. The molecule has 0 spiro atoms. The number of benzene rings is 1. The predicted octanol–water partition coefficient (Wildman–Crippen LogP) is 2.88. The maximum Gasteiger partial charge on any atom is 0.230 e. The van der Waals surface area contributed by atoms with Gasteiger partial charge in [0.25, 0.3) is 0 Å². The maximum absolute atomic E-state index is 11.4. The molecular formula is C14H21NOS. The van der Waals surface area contributed by atoms with Crippen LogP contribution in [0.2, 0.25) is 0 Å². The Morgan fingerprint density at radius 3 is 2.65 bits per heavy atom. The average Bonchev–Trinajstić information content (AvgIpc) is 2.29. The second kappa shape index (κ2) is 8.18. The normalized spacial score (nSPS) is 10.5. The van der Waals surface area contributed by atoms with Gasteiger partial charge in [-0.15, -0.1) is 0 Å². The minimum atomic E-state index is 0.143. The summed E-state index contributed by atoms with van der Waals surface area (Å²) in [5.74, 6) is 1.76. The Morgan fingerprint density at radius 2 is 2.00 bits per heavy atom. The molecule has 0 heterocycles. The minimum absolute atomic E-state index is 0.143. The van der Waals surface area contributed by atoms with Crippen molar-refractivity contribution in [3.8, 4) is 0 Å². The van der Waals surface area contributed by atoms with Gasteiger partial charge >= 0.3 is 0 Å². The van der Waals surface area contributed by atoms with Crippen molar-refractivity contribution < 1.29 is 4.79 Å². The molecule has 0 radical (unpaired) electrons. The third kappa shape index (κ3) is 7.05. The molecule has 1 amide bonds. The number of rotatable bonds is 7. The van der Waals surface area contributed by atoms with Gasteiger partial charge in [-0.25, -0.2) is 0 Å². The van der Waals surface area contributed by atoms with Crippen LogP contribution in [-0.2, 0) is 11.2 Å². The first kappa shape index (κ1) is 14.1. The summed E-state index contributed by atoms with van der Waals surface area (Å²) in [5, 5.41) is 2.89. The highest BCUT2D eigenvalue weighted by Gasteiger charge is 2.02. The van der Waals surface area contributed by atoms with E-state index in [4.69, 9.17) is 0 Å². The predicted molar refractivity (Wildman–Crippen MR) is 75.4 cm³/mol. The molecule has 0 fully saturated rings. The molecule has 0 saturated carbocycles. The second-order valence-corrected chi connectivity index (χ2v) is 5.47. The number of thioether (sulfide) groups is 1. The Morgan fingerprint density at radius 1 is 1.29 bits per heavy atom. The van der Waals surface area contributed by atoms with Crippen molar-refractivity contribution in [2.75, 3.05) is 11.5 Å². The van der Waals surface area contributed by atoms with E-state index < -0.39 is 0 Å². The molecular weight excluding hydrogens is 230 g/mol. The molecule has 17 heavy (non-hydrogen) atoms. The van der Waals surface area contributed by atoms with Gasteiger partial charge in [0.2, 0.25) is 5.91 Å². The lowest BCUT2D eigenvalue weighted by Gasteiger charge is -2.07. The molecule has 0 aliphatic rings. The van der Waals surface area contributed by atoms with E-state index in [-0.39, 0.29) is 11.9 Å². The van der Waals surface area contributed by atoms with Crippen LogP contribution in [0.15, 0.2) is 30.3 Å². The third-order valence-corrected chi connectivity index (χ3v) is 3.32. The monoisotopic (exact) mass is 251 g/mol. The molecule has 0 atom stereocenters. The van der Waals surface area contributed by atoms with Crippen LogP contribution in [-0.4, -0.2) is 23.5 Å². The molecule has 0 aliphatic heterocycles. The van der Waals surface area contributed by atoms with Crippen LogP contribution < -0.4 is 5.32 Å². The van der Waals surface area contributed by atoms with Crippen LogP contribution in [0.1, 0.15) is 25.8 Å². The van der Waals surface area contributed by atoms with Crippen molar-refractivity contribution in [2.24, 2.45) is 0 Å². The van der Waals surface area contributed by atoms with Crippen LogP contribution in [0.3, 0.4) is 0 Å². The summed E-state index contributed by atoms with van der Waals surface area (Å²) in [5.41, 5.74) is 1.37. The molecule has 1 aromatic rings. The van der Waals surface area contributed by atoms with E-state index in [9.17, 15) is 4.79 Å². The summed E-state index contributed by atoms with van der Waals surface area (Å²) >= 11 is 1.71. The summed E-state index contributed by atoms with van der Waals surface area (Å²) in [6.45, 7) is 3.97. The van der Waals surface area contributed by atoms with Crippen molar-refractivity contribution in [1.29, 1.82) is 0 Å². The Balaban J connectivity index is 2.03. The number of aryl methyl sites for hydroxylation is 1. The van der Waals surface area contributed by atoms with Gasteiger partial charge in [-0.3, -0.25) is 4.79 Å². The summed E-state index contributed by atoms with van der Waals surface area (Å²) in [6, 6.07) is 10.7. The summed E-state index contributed by atoms with van der Waals surface area (Å²) in [4.78, 5) is 11.4. The van der Waals surface area contributed by atoms with E-state index >= 15 is 0 Å². The molecule has 0 aromatic heterocycles. The quantitative estimate of drug-likeness (QED) is 0.755. The third-order valence-electron chi connectivity index (χ3n) is 2.28. The number of carbonyl (C=O) groups excluding carboxylic acids is 1. The molecule has 0 bridgehead atoms. The van der Waals surface area contributed by atoms with Gasteiger partial charge in [-0.05, 0) is 38.0 Å². The second-order valence-electron chi connectivity index (χ2n) is 4.36. The van der Waals surface area contributed by atoms with Gasteiger partial charge in [0.05, 0.1) is 5.75 Å². The zero-order valence-corrected chi connectivity index (χ0v) is 11.4.